The molecule has 2 aliphatic rings. The van der Waals surface area contributed by atoms with Crippen LogP contribution in [0.4, 0.5) is 0 Å². The Kier molecular flexibility index (Phi) is 5.04. The molecule has 0 spiro atoms. The summed E-state index contributed by atoms with van der Waals surface area (Å²) < 4.78 is 0. The Bertz CT molecular complexity index is 355. The van der Waals surface area contributed by atoms with Crippen molar-refractivity contribution in [3.05, 3.63) is 35.9 Å². The molecule has 0 bridgehead atoms. The summed E-state index contributed by atoms with van der Waals surface area (Å²) in [6.45, 7) is 5.02. The molecule has 3 heteroatoms. The van der Waals surface area contributed by atoms with E-state index in [4.69, 9.17) is 0 Å². The quantitative estimate of drug-likeness (QED) is 0.904. The molecule has 100 valence electrons. The van der Waals surface area contributed by atoms with Gasteiger partial charge in [0.25, 0.3) is 0 Å². The highest BCUT2D eigenvalue weighted by Gasteiger charge is 2.31. The lowest BCUT2D eigenvalue weighted by Crippen LogP contribution is -2.46. The predicted octanol–water partition coefficient (Wildman–Crippen LogP) is 2.33. The van der Waals surface area contributed by atoms with Crippen molar-refractivity contribution < 1.29 is 0 Å². The average molecular weight is 267 g/mol. The zero-order chi connectivity index (χ0) is 11.5. The van der Waals surface area contributed by atoms with Gasteiger partial charge in [0.1, 0.15) is 0 Å². The summed E-state index contributed by atoms with van der Waals surface area (Å²) in [6, 6.07) is 11.6. The summed E-state index contributed by atoms with van der Waals surface area (Å²) in [4.78, 5) is 2.63. The van der Waals surface area contributed by atoms with Gasteiger partial charge in [0.15, 0.2) is 0 Å². The van der Waals surface area contributed by atoms with Crippen molar-refractivity contribution in [3.63, 3.8) is 0 Å². The second-order valence-corrected chi connectivity index (χ2v) is 5.43. The standard InChI is InChI=1S/C15H22N2.ClH/c1-2-4-13(5-3-1)7-10-17-11-8-14-6-9-16-15(14)12-17;/h1-5,14-16H,6-12H2;1H/t14-,15+;/m1./s1. The van der Waals surface area contributed by atoms with Crippen LogP contribution in [0.3, 0.4) is 0 Å². The number of nitrogens with zero attached hydrogens (tertiary/aromatic N) is 1. The summed E-state index contributed by atoms with van der Waals surface area (Å²) in [5.41, 5.74) is 1.47. The molecule has 2 saturated heterocycles. The SMILES string of the molecule is Cl.c1ccc(CCN2CC[C@H]3CCN[C@H]3C2)cc1. The molecular formula is C15H23ClN2. The van der Waals surface area contributed by atoms with Crippen LogP contribution in [-0.2, 0) is 6.42 Å². The molecule has 2 fully saturated rings. The van der Waals surface area contributed by atoms with E-state index in [9.17, 15) is 0 Å². The summed E-state index contributed by atoms with van der Waals surface area (Å²) in [5.74, 6) is 0.961. The predicted molar refractivity (Wildman–Crippen MR) is 78.3 cm³/mol. The molecule has 2 atom stereocenters. The third kappa shape index (κ3) is 3.25. The lowest BCUT2D eigenvalue weighted by atomic mass is 9.92. The molecule has 1 aromatic carbocycles. The summed E-state index contributed by atoms with van der Waals surface area (Å²) in [5, 5.41) is 3.65. The summed E-state index contributed by atoms with van der Waals surface area (Å²) in [7, 11) is 0. The van der Waals surface area contributed by atoms with Gasteiger partial charge < -0.3 is 10.2 Å². The smallest absolute Gasteiger partial charge is 0.0224 e. The molecule has 0 unspecified atom stereocenters. The maximum Gasteiger partial charge on any atom is 0.0224 e. The number of benzene rings is 1. The highest BCUT2D eigenvalue weighted by Crippen LogP contribution is 2.25. The van der Waals surface area contributed by atoms with E-state index in [0.29, 0.717) is 0 Å². The molecule has 0 amide bonds. The van der Waals surface area contributed by atoms with E-state index in [0.717, 1.165) is 12.0 Å². The zero-order valence-corrected chi connectivity index (χ0v) is 11.7. The lowest BCUT2D eigenvalue weighted by Gasteiger charge is -2.34. The highest BCUT2D eigenvalue weighted by atomic mass is 35.5. The number of halogens is 1. The van der Waals surface area contributed by atoms with Crippen molar-refractivity contribution in [2.24, 2.45) is 5.92 Å². The second kappa shape index (κ2) is 6.55. The van der Waals surface area contributed by atoms with Crippen LogP contribution in [-0.4, -0.2) is 37.1 Å². The van der Waals surface area contributed by atoms with Crippen molar-refractivity contribution in [2.75, 3.05) is 26.2 Å². The number of nitrogens with one attached hydrogen (secondary N) is 1. The fourth-order valence-corrected chi connectivity index (χ4v) is 3.23. The summed E-state index contributed by atoms with van der Waals surface area (Å²) in [6.07, 6.45) is 3.99. The third-order valence-electron chi connectivity index (χ3n) is 4.32. The highest BCUT2D eigenvalue weighted by molar-refractivity contribution is 5.85. The average Bonchev–Trinajstić information content (AvgIpc) is 2.85. The first-order valence-electron chi connectivity index (χ1n) is 6.91. The molecule has 0 saturated carbocycles. The molecule has 3 rings (SSSR count). The van der Waals surface area contributed by atoms with E-state index in [1.54, 1.807) is 0 Å². The second-order valence-electron chi connectivity index (χ2n) is 5.43. The van der Waals surface area contributed by atoms with Crippen LogP contribution < -0.4 is 5.32 Å². The van der Waals surface area contributed by atoms with Gasteiger partial charge in [-0.15, -0.1) is 12.4 Å². The van der Waals surface area contributed by atoms with Crippen LogP contribution in [0.25, 0.3) is 0 Å². The monoisotopic (exact) mass is 266 g/mol. The number of piperidine rings is 1. The minimum Gasteiger partial charge on any atom is -0.312 e. The Hall–Kier alpha value is -0.570. The normalized spacial score (nSPS) is 27.6. The zero-order valence-electron chi connectivity index (χ0n) is 10.8. The molecule has 2 heterocycles. The number of hydrogen-bond acceptors (Lipinski definition) is 2. The molecule has 1 aromatic rings. The van der Waals surface area contributed by atoms with E-state index in [1.807, 2.05) is 0 Å². The molecule has 0 aliphatic carbocycles. The molecule has 0 aromatic heterocycles. The fraction of sp³-hybridized carbons (Fsp3) is 0.600. The Labute approximate surface area is 116 Å². The topological polar surface area (TPSA) is 15.3 Å². The third-order valence-corrected chi connectivity index (χ3v) is 4.32. The van der Waals surface area contributed by atoms with Gasteiger partial charge in [0, 0.05) is 19.1 Å². The van der Waals surface area contributed by atoms with E-state index in [2.05, 4.69) is 40.5 Å². The molecule has 18 heavy (non-hydrogen) atoms. The first kappa shape index (κ1) is 13.9. The fourth-order valence-electron chi connectivity index (χ4n) is 3.23. The van der Waals surface area contributed by atoms with Gasteiger partial charge in [-0.1, -0.05) is 30.3 Å². The Morgan fingerprint density at radius 1 is 1.17 bits per heavy atom. The molecule has 1 N–H and O–H groups in total. The minimum atomic E-state index is 0. The van der Waals surface area contributed by atoms with Gasteiger partial charge in [0.2, 0.25) is 0 Å². The van der Waals surface area contributed by atoms with E-state index in [1.165, 1.54) is 51.0 Å². The largest absolute Gasteiger partial charge is 0.312 e. The molecular weight excluding hydrogens is 244 g/mol. The molecule has 2 aliphatic heterocycles. The van der Waals surface area contributed by atoms with Crippen LogP contribution in [0.15, 0.2) is 30.3 Å². The van der Waals surface area contributed by atoms with Crippen molar-refractivity contribution >= 4 is 12.4 Å². The van der Waals surface area contributed by atoms with Crippen molar-refractivity contribution in [1.82, 2.24) is 10.2 Å². The number of hydrogen-bond donors (Lipinski definition) is 1. The molecule has 2 nitrogen and oxygen atoms in total. The van der Waals surface area contributed by atoms with E-state index in [-0.39, 0.29) is 12.4 Å². The van der Waals surface area contributed by atoms with Gasteiger partial charge in [-0.2, -0.15) is 0 Å². The van der Waals surface area contributed by atoms with Crippen LogP contribution in [0, 0.1) is 5.92 Å². The Balaban J connectivity index is 0.00000120. The van der Waals surface area contributed by atoms with Crippen LogP contribution in [0.1, 0.15) is 18.4 Å². The number of fused-ring (bicyclic) bond motifs is 1. The van der Waals surface area contributed by atoms with Gasteiger partial charge in [0.05, 0.1) is 0 Å². The van der Waals surface area contributed by atoms with Gasteiger partial charge in [-0.25, -0.2) is 0 Å². The van der Waals surface area contributed by atoms with Gasteiger partial charge in [-0.3, -0.25) is 0 Å². The first-order valence-corrected chi connectivity index (χ1v) is 6.91. The molecule has 0 radical (unpaired) electrons. The summed E-state index contributed by atoms with van der Waals surface area (Å²) >= 11 is 0. The van der Waals surface area contributed by atoms with Crippen molar-refractivity contribution in [3.8, 4) is 0 Å². The maximum absolute atomic E-state index is 3.65. The number of likely N-dealkylation sites (tertiary alicyclic amines) is 1. The van der Waals surface area contributed by atoms with E-state index >= 15 is 0 Å². The van der Waals surface area contributed by atoms with Crippen LogP contribution in [0.2, 0.25) is 0 Å². The maximum atomic E-state index is 3.65. The number of rotatable bonds is 3. The lowest BCUT2D eigenvalue weighted by molar-refractivity contribution is 0.168. The van der Waals surface area contributed by atoms with Crippen molar-refractivity contribution in [2.45, 2.75) is 25.3 Å². The van der Waals surface area contributed by atoms with Gasteiger partial charge >= 0.3 is 0 Å². The van der Waals surface area contributed by atoms with E-state index < -0.39 is 0 Å². The van der Waals surface area contributed by atoms with Crippen LogP contribution in [0.5, 0.6) is 0 Å². The van der Waals surface area contributed by atoms with Crippen molar-refractivity contribution in [1.29, 1.82) is 0 Å². The Morgan fingerprint density at radius 2 is 2.00 bits per heavy atom. The Morgan fingerprint density at radius 3 is 2.83 bits per heavy atom. The first-order chi connectivity index (χ1) is 8.42. The van der Waals surface area contributed by atoms with Crippen LogP contribution >= 0.6 is 12.4 Å². The van der Waals surface area contributed by atoms with Gasteiger partial charge in [-0.05, 0) is 43.8 Å². The minimum absolute atomic E-state index is 0.